The van der Waals surface area contributed by atoms with E-state index in [0.29, 0.717) is 28.4 Å². The standard InChI is InChI=1S/C22H23N5O3S/c1-26(2)22(30)31-19-9-4-3-8-18(19)25-21(29)16-6-5-7-17(14-16)24-20(28)10-12-27-13-11-23-15-27/h3-9,11,13-15H,10,12H2,1-2H3,(H,24,28)(H,25,29). The van der Waals surface area contributed by atoms with Gasteiger partial charge < -0.3 is 20.1 Å². The van der Waals surface area contributed by atoms with Crippen molar-refractivity contribution in [2.24, 2.45) is 0 Å². The summed E-state index contributed by atoms with van der Waals surface area (Å²) in [6.07, 6.45) is 5.39. The minimum absolute atomic E-state index is 0.137. The molecule has 0 aliphatic heterocycles. The van der Waals surface area contributed by atoms with Crippen molar-refractivity contribution in [1.29, 1.82) is 0 Å². The number of imidazole rings is 1. The number of benzene rings is 2. The van der Waals surface area contributed by atoms with Crippen LogP contribution in [0.1, 0.15) is 16.8 Å². The number of aryl methyl sites for hydroxylation is 1. The summed E-state index contributed by atoms with van der Waals surface area (Å²) in [4.78, 5) is 43.1. The number of hydrogen-bond donors (Lipinski definition) is 2. The van der Waals surface area contributed by atoms with Crippen LogP contribution in [0.2, 0.25) is 0 Å². The number of thioether (sulfide) groups is 1. The van der Waals surface area contributed by atoms with Crippen molar-refractivity contribution < 1.29 is 14.4 Å². The highest BCUT2D eigenvalue weighted by atomic mass is 32.2. The van der Waals surface area contributed by atoms with Gasteiger partial charge >= 0.3 is 0 Å². The molecule has 3 aromatic rings. The van der Waals surface area contributed by atoms with E-state index in [9.17, 15) is 14.4 Å². The number of nitrogens with one attached hydrogen (secondary N) is 2. The molecule has 1 aromatic heterocycles. The molecule has 160 valence electrons. The largest absolute Gasteiger partial charge is 0.339 e. The summed E-state index contributed by atoms with van der Waals surface area (Å²) >= 11 is 1.04. The van der Waals surface area contributed by atoms with Crippen LogP contribution < -0.4 is 10.6 Å². The average molecular weight is 438 g/mol. The Morgan fingerprint density at radius 1 is 1.06 bits per heavy atom. The summed E-state index contributed by atoms with van der Waals surface area (Å²) in [6.45, 7) is 0.520. The molecule has 0 bridgehead atoms. The summed E-state index contributed by atoms with van der Waals surface area (Å²) in [7, 11) is 3.34. The molecule has 1 heterocycles. The summed E-state index contributed by atoms with van der Waals surface area (Å²) in [6, 6.07) is 13.8. The summed E-state index contributed by atoms with van der Waals surface area (Å²) in [5.74, 6) is -0.491. The zero-order chi connectivity index (χ0) is 22.2. The van der Waals surface area contributed by atoms with Gasteiger partial charge in [-0.1, -0.05) is 18.2 Å². The van der Waals surface area contributed by atoms with Crippen molar-refractivity contribution in [3.8, 4) is 0 Å². The topological polar surface area (TPSA) is 96.3 Å². The van der Waals surface area contributed by atoms with Crippen LogP contribution in [0.4, 0.5) is 16.2 Å². The molecule has 0 radical (unpaired) electrons. The minimum Gasteiger partial charge on any atom is -0.339 e. The van der Waals surface area contributed by atoms with Crippen LogP contribution in [0.15, 0.2) is 72.1 Å². The van der Waals surface area contributed by atoms with E-state index in [2.05, 4.69) is 15.6 Å². The van der Waals surface area contributed by atoms with E-state index in [4.69, 9.17) is 0 Å². The second-order valence-electron chi connectivity index (χ2n) is 6.89. The second-order valence-corrected chi connectivity index (χ2v) is 7.89. The molecule has 2 aromatic carbocycles. The van der Waals surface area contributed by atoms with Crippen molar-refractivity contribution in [3.63, 3.8) is 0 Å². The third-order valence-electron chi connectivity index (χ3n) is 4.26. The first-order valence-corrected chi connectivity index (χ1v) is 10.4. The number of carbonyl (C=O) groups is 3. The van der Waals surface area contributed by atoms with E-state index in [1.54, 1.807) is 81.3 Å². The molecule has 31 heavy (non-hydrogen) atoms. The Balaban J connectivity index is 1.64. The Labute approximate surface area is 184 Å². The molecule has 0 saturated heterocycles. The van der Waals surface area contributed by atoms with Crippen molar-refractivity contribution >= 4 is 40.2 Å². The van der Waals surface area contributed by atoms with Crippen molar-refractivity contribution in [3.05, 3.63) is 72.8 Å². The minimum atomic E-state index is -0.333. The number of nitrogens with zero attached hydrogens (tertiary/aromatic N) is 3. The Kier molecular flexibility index (Phi) is 7.45. The lowest BCUT2D eigenvalue weighted by atomic mass is 10.1. The number of aromatic nitrogens is 2. The Hall–Kier alpha value is -3.59. The fourth-order valence-electron chi connectivity index (χ4n) is 2.65. The Morgan fingerprint density at radius 3 is 2.61 bits per heavy atom. The van der Waals surface area contributed by atoms with Crippen LogP contribution in [0, 0.1) is 0 Å². The van der Waals surface area contributed by atoms with Crippen LogP contribution in [0.3, 0.4) is 0 Å². The fraction of sp³-hybridized carbons (Fsp3) is 0.182. The van der Waals surface area contributed by atoms with E-state index < -0.39 is 0 Å². The van der Waals surface area contributed by atoms with Gasteiger partial charge in [-0.15, -0.1) is 0 Å². The van der Waals surface area contributed by atoms with Crippen molar-refractivity contribution in [2.75, 3.05) is 24.7 Å². The number of anilines is 2. The van der Waals surface area contributed by atoms with Crippen LogP contribution in [-0.4, -0.2) is 45.6 Å². The molecule has 0 aliphatic carbocycles. The molecule has 2 N–H and O–H groups in total. The maximum atomic E-state index is 12.8. The molecular weight excluding hydrogens is 414 g/mol. The van der Waals surface area contributed by atoms with Crippen molar-refractivity contribution in [2.45, 2.75) is 17.9 Å². The number of rotatable bonds is 7. The zero-order valence-electron chi connectivity index (χ0n) is 17.2. The zero-order valence-corrected chi connectivity index (χ0v) is 18.1. The highest BCUT2D eigenvalue weighted by Crippen LogP contribution is 2.29. The third kappa shape index (κ3) is 6.45. The van der Waals surface area contributed by atoms with E-state index in [1.807, 2.05) is 4.57 Å². The molecule has 0 atom stereocenters. The van der Waals surface area contributed by atoms with Gasteiger partial charge in [-0.3, -0.25) is 14.4 Å². The summed E-state index contributed by atoms with van der Waals surface area (Å²) in [5.41, 5.74) is 1.47. The maximum Gasteiger partial charge on any atom is 0.286 e. The molecule has 8 nitrogen and oxygen atoms in total. The van der Waals surface area contributed by atoms with Gasteiger partial charge in [0.1, 0.15) is 0 Å². The van der Waals surface area contributed by atoms with E-state index >= 15 is 0 Å². The SMILES string of the molecule is CN(C)C(=O)Sc1ccccc1NC(=O)c1cccc(NC(=O)CCn2ccnc2)c1. The van der Waals surface area contributed by atoms with Gasteiger partial charge in [0, 0.05) is 55.6 Å². The smallest absolute Gasteiger partial charge is 0.286 e. The second kappa shape index (κ2) is 10.4. The lowest BCUT2D eigenvalue weighted by Gasteiger charge is -2.13. The third-order valence-corrected chi connectivity index (χ3v) is 5.38. The molecule has 3 amide bonds. The number of para-hydroxylation sites is 1. The van der Waals surface area contributed by atoms with Gasteiger partial charge in [-0.05, 0) is 42.1 Å². The van der Waals surface area contributed by atoms with Gasteiger partial charge in [-0.2, -0.15) is 0 Å². The highest BCUT2D eigenvalue weighted by Gasteiger charge is 2.14. The lowest BCUT2D eigenvalue weighted by molar-refractivity contribution is -0.116. The van der Waals surface area contributed by atoms with Crippen molar-refractivity contribution in [1.82, 2.24) is 14.5 Å². The Bertz CT molecular complexity index is 1070. The van der Waals surface area contributed by atoms with Crippen LogP contribution in [0.5, 0.6) is 0 Å². The van der Waals surface area contributed by atoms with Crippen LogP contribution in [0.25, 0.3) is 0 Å². The van der Waals surface area contributed by atoms with E-state index in [1.165, 1.54) is 4.90 Å². The van der Waals surface area contributed by atoms with Gasteiger partial charge in [0.05, 0.1) is 12.0 Å². The first-order chi connectivity index (χ1) is 14.9. The lowest BCUT2D eigenvalue weighted by Crippen LogP contribution is -2.17. The van der Waals surface area contributed by atoms with E-state index in [-0.39, 0.29) is 23.5 Å². The first kappa shape index (κ1) is 22.1. The molecule has 3 rings (SSSR count). The predicted octanol–water partition coefficient (Wildman–Crippen LogP) is 3.94. The van der Waals surface area contributed by atoms with Crippen LogP contribution in [-0.2, 0) is 11.3 Å². The van der Waals surface area contributed by atoms with Gasteiger partial charge in [-0.25, -0.2) is 4.98 Å². The van der Waals surface area contributed by atoms with Gasteiger partial charge in [0.15, 0.2) is 0 Å². The average Bonchev–Trinajstić information content (AvgIpc) is 3.27. The monoisotopic (exact) mass is 437 g/mol. The number of hydrogen-bond acceptors (Lipinski definition) is 5. The molecule has 0 fully saturated rings. The maximum absolute atomic E-state index is 12.8. The van der Waals surface area contributed by atoms with Crippen LogP contribution >= 0.6 is 11.8 Å². The van der Waals surface area contributed by atoms with E-state index in [0.717, 1.165) is 11.8 Å². The molecule has 0 saturated carbocycles. The quantitative estimate of drug-likeness (QED) is 0.546. The molecule has 0 aliphatic rings. The van der Waals surface area contributed by atoms with Gasteiger partial charge in [0.2, 0.25) is 5.91 Å². The molecule has 9 heteroatoms. The normalized spacial score (nSPS) is 10.4. The summed E-state index contributed by atoms with van der Waals surface area (Å²) < 4.78 is 1.82. The molecule has 0 unspecified atom stereocenters. The number of amides is 3. The molecule has 0 spiro atoms. The first-order valence-electron chi connectivity index (χ1n) is 9.57. The Morgan fingerprint density at radius 2 is 1.87 bits per heavy atom. The van der Waals surface area contributed by atoms with Gasteiger partial charge in [0.25, 0.3) is 11.1 Å². The highest BCUT2D eigenvalue weighted by molar-refractivity contribution is 8.13. The molecular formula is C22H23N5O3S. The summed E-state index contributed by atoms with van der Waals surface area (Å²) in [5, 5.41) is 5.51. The predicted molar refractivity (Wildman–Crippen MR) is 121 cm³/mol. The fourth-order valence-corrected chi connectivity index (χ4v) is 3.40. The number of carbonyl (C=O) groups excluding carboxylic acids is 3.